The summed E-state index contributed by atoms with van der Waals surface area (Å²) in [6.45, 7) is 4.33. The van der Waals surface area contributed by atoms with E-state index in [1.807, 2.05) is 16.9 Å². The molecule has 114 valence electrons. The van der Waals surface area contributed by atoms with Crippen molar-refractivity contribution in [3.05, 3.63) is 39.3 Å². The highest BCUT2D eigenvalue weighted by atomic mass is 32.1. The van der Waals surface area contributed by atoms with Gasteiger partial charge in [-0.3, -0.25) is 4.68 Å². The molecular weight excluding hydrogens is 280 g/mol. The van der Waals surface area contributed by atoms with Gasteiger partial charge in [-0.25, -0.2) is 0 Å². The third-order valence-electron chi connectivity index (χ3n) is 4.45. The summed E-state index contributed by atoms with van der Waals surface area (Å²) in [7, 11) is 0. The van der Waals surface area contributed by atoms with Gasteiger partial charge in [0.1, 0.15) is 0 Å². The van der Waals surface area contributed by atoms with Gasteiger partial charge in [0, 0.05) is 28.4 Å². The van der Waals surface area contributed by atoms with Gasteiger partial charge in [-0.1, -0.05) is 6.92 Å². The van der Waals surface area contributed by atoms with Crippen LogP contribution < -0.4 is 0 Å². The Hall–Kier alpha value is -1.13. The molecule has 4 heteroatoms. The van der Waals surface area contributed by atoms with Crippen molar-refractivity contribution in [2.24, 2.45) is 0 Å². The third-order valence-corrected chi connectivity index (χ3v) is 5.79. The van der Waals surface area contributed by atoms with E-state index in [0.717, 1.165) is 17.0 Å². The Morgan fingerprint density at radius 2 is 2.19 bits per heavy atom. The summed E-state index contributed by atoms with van der Waals surface area (Å²) in [5, 5.41) is 15.1. The predicted octanol–water partition coefficient (Wildman–Crippen LogP) is 4.07. The average Bonchev–Trinajstić information content (AvgIpc) is 3.12. The maximum absolute atomic E-state index is 10.5. The van der Waals surface area contributed by atoms with Crippen molar-refractivity contribution in [2.75, 3.05) is 0 Å². The Bertz CT molecular complexity index is 578. The lowest BCUT2D eigenvalue weighted by molar-refractivity contribution is 0.180. The summed E-state index contributed by atoms with van der Waals surface area (Å²) in [6, 6.07) is 4.67. The number of aromatic nitrogens is 2. The second kappa shape index (κ2) is 6.32. The standard InChI is InChI=1S/C17H24N2OS/c1-3-12(2)19-9-8-14(18-19)11-15(20)17-10-13-6-4-5-7-16(13)21-17/h8-10,12,15,20H,3-7,11H2,1-2H3. The van der Waals surface area contributed by atoms with Crippen molar-refractivity contribution in [3.63, 3.8) is 0 Å². The van der Waals surface area contributed by atoms with E-state index >= 15 is 0 Å². The molecule has 2 unspecified atom stereocenters. The smallest absolute Gasteiger partial charge is 0.0938 e. The van der Waals surface area contributed by atoms with Crippen molar-refractivity contribution in [1.29, 1.82) is 0 Å². The van der Waals surface area contributed by atoms with Crippen molar-refractivity contribution in [2.45, 2.75) is 64.5 Å². The molecular formula is C17H24N2OS. The van der Waals surface area contributed by atoms with Gasteiger partial charge in [0.05, 0.1) is 11.8 Å². The van der Waals surface area contributed by atoms with E-state index in [2.05, 4.69) is 25.0 Å². The van der Waals surface area contributed by atoms with E-state index in [9.17, 15) is 5.11 Å². The minimum atomic E-state index is -0.416. The molecule has 21 heavy (non-hydrogen) atoms. The Morgan fingerprint density at radius 3 is 2.95 bits per heavy atom. The SMILES string of the molecule is CCC(C)n1ccc(CC(O)c2cc3c(s2)CCCC3)n1. The molecule has 0 radical (unpaired) electrons. The van der Waals surface area contributed by atoms with Crippen molar-refractivity contribution >= 4 is 11.3 Å². The summed E-state index contributed by atoms with van der Waals surface area (Å²) in [5.41, 5.74) is 2.44. The number of aliphatic hydroxyl groups is 1. The first kappa shape index (κ1) is 14.8. The van der Waals surface area contributed by atoms with Crippen LogP contribution in [0.1, 0.15) is 66.3 Å². The topological polar surface area (TPSA) is 38.0 Å². The van der Waals surface area contributed by atoms with Gasteiger partial charge in [0.15, 0.2) is 0 Å². The first-order valence-corrected chi connectivity index (χ1v) is 8.82. The van der Waals surface area contributed by atoms with Gasteiger partial charge in [-0.05, 0) is 56.7 Å². The van der Waals surface area contributed by atoms with Crippen LogP contribution in [0.2, 0.25) is 0 Å². The average molecular weight is 304 g/mol. The van der Waals surface area contributed by atoms with Crippen LogP contribution in [0.15, 0.2) is 18.3 Å². The van der Waals surface area contributed by atoms with Gasteiger partial charge in [-0.2, -0.15) is 5.10 Å². The third kappa shape index (κ3) is 3.22. The predicted molar refractivity (Wildman–Crippen MR) is 86.9 cm³/mol. The molecule has 3 nitrogen and oxygen atoms in total. The Morgan fingerprint density at radius 1 is 1.38 bits per heavy atom. The summed E-state index contributed by atoms with van der Waals surface area (Å²) in [4.78, 5) is 2.60. The highest BCUT2D eigenvalue weighted by Gasteiger charge is 2.19. The highest BCUT2D eigenvalue weighted by molar-refractivity contribution is 7.12. The van der Waals surface area contributed by atoms with Crippen molar-refractivity contribution in [1.82, 2.24) is 9.78 Å². The van der Waals surface area contributed by atoms with Crippen LogP contribution in [0.5, 0.6) is 0 Å². The Labute approximate surface area is 130 Å². The van der Waals surface area contributed by atoms with Gasteiger partial charge in [0.25, 0.3) is 0 Å². The molecule has 3 rings (SSSR count). The highest BCUT2D eigenvalue weighted by Crippen LogP contribution is 2.33. The number of fused-ring (bicyclic) bond motifs is 1. The van der Waals surface area contributed by atoms with Crippen LogP contribution in [0.4, 0.5) is 0 Å². The maximum Gasteiger partial charge on any atom is 0.0938 e. The van der Waals surface area contributed by atoms with Crippen molar-refractivity contribution in [3.8, 4) is 0 Å². The fourth-order valence-corrected chi connectivity index (χ4v) is 4.14. The fourth-order valence-electron chi connectivity index (χ4n) is 2.90. The van der Waals surface area contributed by atoms with Gasteiger partial charge in [0.2, 0.25) is 0 Å². The van der Waals surface area contributed by atoms with Crippen LogP contribution >= 0.6 is 11.3 Å². The first-order valence-electron chi connectivity index (χ1n) is 8.01. The van der Waals surface area contributed by atoms with E-state index in [1.165, 1.54) is 36.1 Å². The molecule has 2 aromatic heterocycles. The van der Waals surface area contributed by atoms with Crippen LogP contribution in [0, 0.1) is 0 Å². The molecule has 1 N–H and O–H groups in total. The minimum Gasteiger partial charge on any atom is -0.387 e. The molecule has 0 bridgehead atoms. The Kier molecular flexibility index (Phi) is 4.45. The second-order valence-corrected chi connectivity index (χ2v) is 7.24. The molecule has 2 atom stereocenters. The summed E-state index contributed by atoms with van der Waals surface area (Å²) < 4.78 is 2.00. The molecule has 0 spiro atoms. The number of aryl methyl sites for hydroxylation is 2. The molecule has 0 aromatic carbocycles. The normalized spacial score (nSPS) is 17.5. The fraction of sp³-hybridized carbons (Fsp3) is 0.588. The molecule has 0 saturated heterocycles. The van der Waals surface area contributed by atoms with Crippen molar-refractivity contribution < 1.29 is 5.11 Å². The molecule has 0 aliphatic heterocycles. The molecule has 1 aliphatic rings. The zero-order valence-corrected chi connectivity index (χ0v) is 13.7. The quantitative estimate of drug-likeness (QED) is 0.904. The van der Waals surface area contributed by atoms with Crippen LogP contribution in [0.3, 0.4) is 0 Å². The van der Waals surface area contributed by atoms with E-state index < -0.39 is 6.10 Å². The first-order chi connectivity index (χ1) is 10.2. The molecule has 0 fully saturated rings. The van der Waals surface area contributed by atoms with Crippen LogP contribution in [0.25, 0.3) is 0 Å². The molecule has 2 aromatic rings. The molecule has 0 amide bonds. The van der Waals surface area contributed by atoms with Gasteiger partial charge >= 0.3 is 0 Å². The summed E-state index contributed by atoms with van der Waals surface area (Å²) in [5.74, 6) is 0. The number of aliphatic hydroxyl groups excluding tert-OH is 1. The minimum absolute atomic E-state index is 0.416. The maximum atomic E-state index is 10.5. The van der Waals surface area contributed by atoms with Gasteiger partial charge in [-0.15, -0.1) is 11.3 Å². The lowest BCUT2D eigenvalue weighted by Crippen LogP contribution is -2.06. The van der Waals surface area contributed by atoms with E-state index in [1.54, 1.807) is 11.3 Å². The number of hydrogen-bond donors (Lipinski definition) is 1. The molecule has 2 heterocycles. The zero-order valence-electron chi connectivity index (χ0n) is 12.9. The molecule has 1 aliphatic carbocycles. The van der Waals surface area contributed by atoms with E-state index in [-0.39, 0.29) is 0 Å². The largest absolute Gasteiger partial charge is 0.387 e. The number of thiophene rings is 1. The second-order valence-electron chi connectivity index (χ2n) is 6.07. The monoisotopic (exact) mass is 304 g/mol. The lowest BCUT2D eigenvalue weighted by atomic mass is 9.99. The van der Waals surface area contributed by atoms with Gasteiger partial charge < -0.3 is 5.11 Å². The summed E-state index contributed by atoms with van der Waals surface area (Å²) in [6.07, 6.45) is 8.25. The van der Waals surface area contributed by atoms with Crippen LogP contribution in [-0.4, -0.2) is 14.9 Å². The molecule has 0 saturated carbocycles. The lowest BCUT2D eigenvalue weighted by Gasteiger charge is -2.09. The Balaban J connectivity index is 1.69. The number of rotatable bonds is 5. The zero-order chi connectivity index (χ0) is 14.8. The summed E-state index contributed by atoms with van der Waals surface area (Å²) >= 11 is 1.80. The van der Waals surface area contributed by atoms with Crippen LogP contribution in [-0.2, 0) is 19.3 Å². The number of hydrogen-bond acceptors (Lipinski definition) is 3. The van der Waals surface area contributed by atoms with E-state index in [4.69, 9.17) is 0 Å². The number of nitrogens with zero attached hydrogens (tertiary/aromatic N) is 2. The van der Waals surface area contributed by atoms with E-state index in [0.29, 0.717) is 12.5 Å².